The normalized spacial score (nSPS) is 15.1. The van der Waals surface area contributed by atoms with Crippen molar-refractivity contribution in [2.45, 2.75) is 0 Å². The molecule has 1 rings (SSSR count). The molecule has 62 valence electrons. The Hall–Kier alpha value is -1.30. The average Bonchev–Trinajstić information content (AvgIpc) is 2.31. The molecular weight excluding hydrogens is 146 g/mol. The summed E-state index contributed by atoms with van der Waals surface area (Å²) in [6, 6.07) is 0. The number of likely N-dealkylation sites (N-methyl/N-ethyl adjacent to an activating group) is 1. The summed E-state index contributed by atoms with van der Waals surface area (Å²) in [6.07, 6.45) is 9.85. The number of hydrogen-bond acceptors (Lipinski definition) is 1. The minimum atomic E-state index is 0.888. The Labute approximate surface area is 73.5 Å². The van der Waals surface area contributed by atoms with Crippen LogP contribution in [0.15, 0.2) is 53.8 Å². The molecule has 0 unspecified atom stereocenters. The third kappa shape index (κ3) is 2.39. The van der Waals surface area contributed by atoms with Gasteiger partial charge in [0.05, 0.1) is 0 Å². The van der Waals surface area contributed by atoms with Crippen molar-refractivity contribution < 1.29 is 0 Å². The fraction of sp³-hybridized carbons (Fsp3) is 0.182. The van der Waals surface area contributed by atoms with Gasteiger partial charge in [-0.3, -0.25) is 0 Å². The fourth-order valence-electron chi connectivity index (χ4n) is 0.994. The van der Waals surface area contributed by atoms with Gasteiger partial charge in [0.25, 0.3) is 0 Å². The molecule has 0 fully saturated rings. The highest BCUT2D eigenvalue weighted by Crippen LogP contribution is 2.05. The topological polar surface area (TPSA) is 12.0 Å². The second-order valence-corrected chi connectivity index (χ2v) is 2.58. The summed E-state index contributed by atoms with van der Waals surface area (Å²) in [5, 5.41) is 3.10. The predicted molar refractivity (Wildman–Crippen MR) is 52.9 cm³/mol. The molecule has 1 N–H and O–H groups in total. The van der Waals surface area contributed by atoms with Crippen LogP contribution in [0.1, 0.15) is 0 Å². The zero-order chi connectivity index (χ0) is 8.81. The molecule has 0 saturated heterocycles. The lowest BCUT2D eigenvalue weighted by Gasteiger charge is -1.96. The van der Waals surface area contributed by atoms with E-state index in [4.69, 9.17) is 0 Å². The highest BCUT2D eigenvalue weighted by Gasteiger charge is 1.91. The van der Waals surface area contributed by atoms with Crippen LogP contribution in [0.3, 0.4) is 0 Å². The highest BCUT2D eigenvalue weighted by atomic mass is 14.8. The summed E-state index contributed by atoms with van der Waals surface area (Å²) in [5.41, 5.74) is 5.38. The lowest BCUT2D eigenvalue weighted by Crippen LogP contribution is -2.08. The van der Waals surface area contributed by atoms with E-state index >= 15 is 0 Å². The molecule has 1 heteroatoms. The maximum atomic E-state index is 3.69. The van der Waals surface area contributed by atoms with Crippen LogP contribution in [0.5, 0.6) is 0 Å². The van der Waals surface area contributed by atoms with E-state index in [2.05, 4.69) is 23.7 Å². The summed E-state index contributed by atoms with van der Waals surface area (Å²) in [6.45, 7) is 4.58. The summed E-state index contributed by atoms with van der Waals surface area (Å²) in [4.78, 5) is 0. The molecule has 0 atom stereocenters. The van der Waals surface area contributed by atoms with Crippen molar-refractivity contribution >= 4 is 0 Å². The van der Waals surface area contributed by atoms with Gasteiger partial charge in [-0.15, -0.1) is 5.73 Å². The third-order valence-electron chi connectivity index (χ3n) is 1.63. The van der Waals surface area contributed by atoms with E-state index in [0.717, 1.165) is 12.1 Å². The zero-order valence-corrected chi connectivity index (χ0v) is 7.30. The molecule has 0 bridgehead atoms. The minimum absolute atomic E-state index is 0.888. The Morgan fingerprint density at radius 1 is 1.58 bits per heavy atom. The summed E-state index contributed by atoms with van der Waals surface area (Å²) >= 11 is 0. The first-order valence-corrected chi connectivity index (χ1v) is 3.98. The van der Waals surface area contributed by atoms with Gasteiger partial charge in [0.15, 0.2) is 0 Å². The molecule has 0 aromatic carbocycles. The van der Waals surface area contributed by atoms with Crippen LogP contribution in [0.25, 0.3) is 0 Å². The molecular formula is C11H13N. The maximum absolute atomic E-state index is 3.69. The van der Waals surface area contributed by atoms with Gasteiger partial charge in [-0.05, 0) is 30.8 Å². The van der Waals surface area contributed by atoms with E-state index in [1.54, 1.807) is 6.08 Å². The lowest BCUT2D eigenvalue weighted by atomic mass is 10.2. The van der Waals surface area contributed by atoms with Crippen LogP contribution in [0.4, 0.5) is 0 Å². The molecule has 0 amide bonds. The Bertz CT molecular complexity index is 286. The predicted octanol–water partition coefficient (Wildman–Crippen LogP) is 1.97. The number of allylic oxidation sites excluding steroid dienone is 4. The summed E-state index contributed by atoms with van der Waals surface area (Å²) < 4.78 is 0. The number of rotatable bonds is 3. The van der Waals surface area contributed by atoms with Crippen LogP contribution < -0.4 is 5.32 Å². The fourth-order valence-corrected chi connectivity index (χ4v) is 0.994. The monoisotopic (exact) mass is 159 g/mol. The molecule has 0 heterocycles. The quantitative estimate of drug-likeness (QED) is 0.621. The van der Waals surface area contributed by atoms with Crippen molar-refractivity contribution in [3.05, 3.63) is 53.8 Å². The largest absolute Gasteiger partial charge is 0.316 e. The Morgan fingerprint density at radius 3 is 3.08 bits per heavy atom. The zero-order valence-electron chi connectivity index (χ0n) is 7.30. The Balaban J connectivity index is 2.75. The van der Waals surface area contributed by atoms with Crippen molar-refractivity contribution in [3.8, 4) is 0 Å². The van der Waals surface area contributed by atoms with E-state index in [1.807, 2.05) is 25.3 Å². The van der Waals surface area contributed by atoms with Crippen molar-refractivity contribution in [2.24, 2.45) is 0 Å². The first-order chi connectivity index (χ1) is 5.86. The van der Waals surface area contributed by atoms with Gasteiger partial charge in [0, 0.05) is 12.1 Å². The van der Waals surface area contributed by atoms with E-state index < -0.39 is 0 Å². The van der Waals surface area contributed by atoms with E-state index in [0.29, 0.717) is 0 Å². The first-order valence-electron chi connectivity index (χ1n) is 3.98. The van der Waals surface area contributed by atoms with Crippen molar-refractivity contribution in [2.75, 3.05) is 13.6 Å². The van der Waals surface area contributed by atoms with Crippen molar-refractivity contribution in [1.82, 2.24) is 5.32 Å². The molecule has 0 saturated carbocycles. The lowest BCUT2D eigenvalue weighted by molar-refractivity contribution is 0.896. The van der Waals surface area contributed by atoms with Gasteiger partial charge < -0.3 is 5.32 Å². The van der Waals surface area contributed by atoms with Gasteiger partial charge in [-0.25, -0.2) is 0 Å². The van der Waals surface area contributed by atoms with Gasteiger partial charge in [-0.2, -0.15) is 0 Å². The highest BCUT2D eigenvalue weighted by molar-refractivity contribution is 5.39. The van der Waals surface area contributed by atoms with Crippen molar-refractivity contribution in [1.29, 1.82) is 0 Å². The van der Waals surface area contributed by atoms with E-state index in [-0.39, 0.29) is 0 Å². The summed E-state index contributed by atoms with van der Waals surface area (Å²) in [5.74, 6) is 0. The number of nitrogens with one attached hydrogen (secondary N) is 1. The summed E-state index contributed by atoms with van der Waals surface area (Å²) in [7, 11) is 1.94. The van der Waals surface area contributed by atoms with Gasteiger partial charge in [0.1, 0.15) is 0 Å². The van der Waals surface area contributed by atoms with Crippen molar-refractivity contribution in [3.63, 3.8) is 0 Å². The first kappa shape index (κ1) is 8.79. The molecule has 0 aromatic rings. The average molecular weight is 159 g/mol. The molecule has 12 heavy (non-hydrogen) atoms. The minimum Gasteiger partial charge on any atom is -0.316 e. The molecule has 0 spiro atoms. The van der Waals surface area contributed by atoms with Crippen LogP contribution in [-0.4, -0.2) is 13.6 Å². The standard InChI is InChI=1S/C11H13N/c1-3-10-5-4-6-11(8-7-10)9-12-2/h3-4,6-8,12H,1,9H2,2H3. The second-order valence-electron chi connectivity index (χ2n) is 2.58. The molecule has 1 aliphatic rings. The van der Waals surface area contributed by atoms with E-state index in [1.165, 1.54) is 5.57 Å². The molecule has 0 aliphatic heterocycles. The van der Waals surface area contributed by atoms with E-state index in [9.17, 15) is 0 Å². The maximum Gasteiger partial charge on any atom is 0.0202 e. The van der Waals surface area contributed by atoms with Gasteiger partial charge in [0.2, 0.25) is 0 Å². The molecule has 1 aliphatic carbocycles. The van der Waals surface area contributed by atoms with Crippen LogP contribution in [0, 0.1) is 0 Å². The third-order valence-corrected chi connectivity index (χ3v) is 1.63. The molecule has 0 radical (unpaired) electrons. The second kappa shape index (κ2) is 4.55. The van der Waals surface area contributed by atoms with Crippen LogP contribution in [0.2, 0.25) is 0 Å². The SMILES string of the molecule is C=CC1=C=CC=C(CNC)C=C1. The number of hydrogen-bond donors (Lipinski definition) is 1. The Kier molecular flexibility index (Phi) is 3.34. The van der Waals surface area contributed by atoms with Gasteiger partial charge in [-0.1, -0.05) is 18.7 Å². The molecule has 0 aromatic heterocycles. The molecule has 1 nitrogen and oxygen atoms in total. The van der Waals surface area contributed by atoms with Crippen LogP contribution >= 0.6 is 0 Å². The smallest absolute Gasteiger partial charge is 0.0202 e. The van der Waals surface area contributed by atoms with Gasteiger partial charge >= 0.3 is 0 Å². The van der Waals surface area contributed by atoms with Crippen LogP contribution in [-0.2, 0) is 0 Å². The Morgan fingerprint density at radius 2 is 2.42 bits per heavy atom.